The van der Waals surface area contributed by atoms with E-state index in [1.165, 1.54) is 33.3 Å². The fraction of sp³-hybridized carbons (Fsp3) is 0.417. The standard InChI is InChI=1S/C24H29Cl2N/c1-13(2)23(26)24(7,8)27-21(18-11-9-10-12-18)17(6)19-15(4)14(3)16(5)20(25)22(19)27/h9-11H,12H2,1-8H3. The first-order chi connectivity index (χ1) is 12.5. The van der Waals surface area contributed by atoms with E-state index in [1.54, 1.807) is 0 Å². The number of fused-ring (bicyclic) bond motifs is 1. The lowest BCUT2D eigenvalue weighted by atomic mass is 9.97. The van der Waals surface area contributed by atoms with Crippen molar-refractivity contribution in [3.63, 3.8) is 0 Å². The lowest BCUT2D eigenvalue weighted by Crippen LogP contribution is -2.29. The molecule has 0 aliphatic heterocycles. The van der Waals surface area contributed by atoms with E-state index < -0.39 is 5.54 Å². The summed E-state index contributed by atoms with van der Waals surface area (Å²) in [5.41, 5.74) is 9.40. The summed E-state index contributed by atoms with van der Waals surface area (Å²) in [5.74, 6) is 0. The van der Waals surface area contributed by atoms with E-state index in [0.717, 1.165) is 33.1 Å². The molecule has 1 aliphatic carbocycles. The van der Waals surface area contributed by atoms with Crippen LogP contribution in [0.25, 0.3) is 16.5 Å². The first kappa shape index (κ1) is 20.3. The molecule has 3 heteroatoms. The van der Waals surface area contributed by atoms with Gasteiger partial charge in [0.2, 0.25) is 0 Å². The third kappa shape index (κ3) is 2.91. The van der Waals surface area contributed by atoms with Crippen LogP contribution in [-0.2, 0) is 5.54 Å². The van der Waals surface area contributed by atoms with Crippen molar-refractivity contribution in [3.8, 4) is 0 Å². The summed E-state index contributed by atoms with van der Waals surface area (Å²) >= 11 is 13.8. The highest BCUT2D eigenvalue weighted by molar-refractivity contribution is 6.36. The largest absolute Gasteiger partial charge is 0.329 e. The predicted octanol–water partition coefficient (Wildman–Crippen LogP) is 8.14. The maximum absolute atomic E-state index is 6.98. The Balaban J connectivity index is 2.58. The lowest BCUT2D eigenvalue weighted by molar-refractivity contribution is 0.452. The van der Waals surface area contributed by atoms with Gasteiger partial charge in [-0.3, -0.25) is 0 Å². The topological polar surface area (TPSA) is 4.93 Å². The zero-order valence-corrected chi connectivity index (χ0v) is 19.2. The van der Waals surface area contributed by atoms with E-state index in [-0.39, 0.29) is 0 Å². The molecule has 0 fully saturated rings. The molecule has 0 unspecified atom stereocenters. The van der Waals surface area contributed by atoms with Crippen molar-refractivity contribution in [3.05, 3.63) is 61.8 Å². The van der Waals surface area contributed by atoms with Gasteiger partial charge >= 0.3 is 0 Å². The normalized spacial score (nSPS) is 14.2. The van der Waals surface area contributed by atoms with Gasteiger partial charge in [0, 0.05) is 16.1 Å². The van der Waals surface area contributed by atoms with Crippen LogP contribution in [0.15, 0.2) is 28.8 Å². The molecular weight excluding hydrogens is 373 g/mol. The number of allylic oxidation sites excluding steroid dienone is 6. The molecule has 3 rings (SSSR count). The minimum Gasteiger partial charge on any atom is -0.329 e. The van der Waals surface area contributed by atoms with Gasteiger partial charge in [0.05, 0.1) is 16.1 Å². The van der Waals surface area contributed by atoms with Gasteiger partial charge in [-0.2, -0.15) is 0 Å². The van der Waals surface area contributed by atoms with Crippen molar-refractivity contribution < 1.29 is 0 Å². The van der Waals surface area contributed by atoms with Gasteiger partial charge in [-0.1, -0.05) is 47.0 Å². The Hall–Kier alpha value is -1.44. The van der Waals surface area contributed by atoms with Crippen LogP contribution in [0.1, 0.15) is 62.1 Å². The second-order valence-corrected chi connectivity index (χ2v) is 9.17. The molecule has 1 nitrogen and oxygen atoms in total. The molecule has 1 aromatic carbocycles. The minimum atomic E-state index is -0.399. The molecule has 1 aliphatic rings. The van der Waals surface area contributed by atoms with Gasteiger partial charge in [0.1, 0.15) is 0 Å². The average molecular weight is 402 g/mol. The van der Waals surface area contributed by atoms with E-state index in [1.807, 2.05) is 0 Å². The molecule has 0 spiro atoms. The Bertz CT molecular complexity index is 1040. The van der Waals surface area contributed by atoms with Crippen molar-refractivity contribution in [1.29, 1.82) is 0 Å². The van der Waals surface area contributed by atoms with Crippen molar-refractivity contribution >= 4 is 39.7 Å². The molecule has 0 radical (unpaired) electrons. The molecule has 0 bridgehead atoms. The summed E-state index contributed by atoms with van der Waals surface area (Å²) in [6, 6.07) is 0. The molecule has 0 N–H and O–H groups in total. The Morgan fingerprint density at radius 3 is 2.15 bits per heavy atom. The van der Waals surface area contributed by atoms with E-state index in [4.69, 9.17) is 23.2 Å². The summed E-state index contributed by atoms with van der Waals surface area (Å²) in [6.45, 7) is 17.2. The maximum Gasteiger partial charge on any atom is 0.0752 e. The Kier molecular flexibility index (Phi) is 5.16. The number of aromatic nitrogens is 1. The number of halogens is 2. The monoisotopic (exact) mass is 401 g/mol. The minimum absolute atomic E-state index is 0.399. The number of rotatable bonds is 3. The smallest absolute Gasteiger partial charge is 0.0752 e. The fourth-order valence-corrected chi connectivity index (χ4v) is 4.85. The summed E-state index contributed by atoms with van der Waals surface area (Å²) < 4.78 is 2.38. The van der Waals surface area contributed by atoms with Crippen molar-refractivity contribution in [1.82, 2.24) is 4.57 Å². The molecule has 144 valence electrons. The van der Waals surface area contributed by atoms with E-state index >= 15 is 0 Å². The second kappa shape index (κ2) is 6.87. The number of nitrogens with zero attached hydrogens (tertiary/aromatic N) is 1. The molecule has 1 heterocycles. The van der Waals surface area contributed by atoms with Gasteiger partial charge in [-0.15, -0.1) is 0 Å². The Morgan fingerprint density at radius 1 is 1.00 bits per heavy atom. The van der Waals surface area contributed by atoms with E-state index in [2.05, 4.69) is 78.2 Å². The van der Waals surface area contributed by atoms with Crippen molar-refractivity contribution in [2.75, 3.05) is 0 Å². The first-order valence-corrected chi connectivity index (χ1v) is 10.3. The maximum atomic E-state index is 6.98. The summed E-state index contributed by atoms with van der Waals surface area (Å²) in [7, 11) is 0. The molecule has 1 aromatic heterocycles. The van der Waals surface area contributed by atoms with Crippen LogP contribution in [0, 0.1) is 27.7 Å². The number of benzene rings is 1. The van der Waals surface area contributed by atoms with Crippen LogP contribution >= 0.6 is 23.2 Å². The summed E-state index contributed by atoms with van der Waals surface area (Å²) in [5, 5.41) is 2.96. The number of hydrogen-bond donors (Lipinski definition) is 0. The third-order valence-electron chi connectivity index (χ3n) is 6.06. The van der Waals surface area contributed by atoms with Gasteiger partial charge in [0.25, 0.3) is 0 Å². The highest BCUT2D eigenvalue weighted by Crippen LogP contribution is 2.46. The molecule has 0 amide bonds. The van der Waals surface area contributed by atoms with Gasteiger partial charge < -0.3 is 4.57 Å². The highest BCUT2D eigenvalue weighted by atomic mass is 35.5. The molecule has 2 aromatic rings. The van der Waals surface area contributed by atoms with Crippen LogP contribution in [0.4, 0.5) is 0 Å². The van der Waals surface area contributed by atoms with Crippen LogP contribution in [0.2, 0.25) is 5.02 Å². The highest BCUT2D eigenvalue weighted by Gasteiger charge is 2.34. The van der Waals surface area contributed by atoms with Crippen LogP contribution in [0.3, 0.4) is 0 Å². The molecule has 0 saturated carbocycles. The van der Waals surface area contributed by atoms with Crippen molar-refractivity contribution in [2.45, 2.75) is 67.3 Å². The zero-order chi connectivity index (χ0) is 20.3. The second-order valence-electron chi connectivity index (χ2n) is 8.42. The van der Waals surface area contributed by atoms with Crippen LogP contribution < -0.4 is 0 Å². The molecule has 0 atom stereocenters. The van der Waals surface area contributed by atoms with Crippen LogP contribution in [-0.4, -0.2) is 4.57 Å². The quantitative estimate of drug-likeness (QED) is 0.488. The van der Waals surface area contributed by atoms with Crippen LogP contribution in [0.5, 0.6) is 0 Å². The van der Waals surface area contributed by atoms with Gasteiger partial charge in [0.15, 0.2) is 0 Å². The lowest BCUT2D eigenvalue weighted by Gasteiger charge is -2.32. The Labute approximate surface area is 173 Å². The van der Waals surface area contributed by atoms with Crippen molar-refractivity contribution in [2.24, 2.45) is 0 Å². The zero-order valence-electron chi connectivity index (χ0n) is 17.6. The number of aryl methyl sites for hydroxylation is 2. The molecule has 0 saturated heterocycles. The summed E-state index contributed by atoms with van der Waals surface area (Å²) in [6.07, 6.45) is 7.50. The summed E-state index contributed by atoms with van der Waals surface area (Å²) in [4.78, 5) is 0. The predicted molar refractivity (Wildman–Crippen MR) is 121 cm³/mol. The third-order valence-corrected chi connectivity index (χ3v) is 7.36. The first-order valence-electron chi connectivity index (χ1n) is 9.52. The van der Waals surface area contributed by atoms with E-state index in [9.17, 15) is 0 Å². The molecular formula is C24H29Cl2N. The van der Waals surface area contributed by atoms with E-state index in [0.29, 0.717) is 0 Å². The van der Waals surface area contributed by atoms with Gasteiger partial charge in [-0.25, -0.2) is 0 Å². The average Bonchev–Trinajstić information content (AvgIpc) is 3.23. The molecule has 27 heavy (non-hydrogen) atoms. The van der Waals surface area contributed by atoms with Gasteiger partial charge in [-0.05, 0) is 89.6 Å². The number of hydrogen-bond acceptors (Lipinski definition) is 0. The Morgan fingerprint density at radius 2 is 1.63 bits per heavy atom. The fourth-order valence-electron chi connectivity index (χ4n) is 4.44. The SMILES string of the molecule is CC(C)=C(Cl)C(C)(C)n1c(C2=CC=CC2)c(C)c2c(C)c(C)c(C)c(Cl)c21.